The van der Waals surface area contributed by atoms with Crippen molar-refractivity contribution < 1.29 is 14.4 Å². The van der Waals surface area contributed by atoms with Gasteiger partial charge in [0.25, 0.3) is 0 Å². The molecule has 0 fully saturated rings. The van der Waals surface area contributed by atoms with E-state index < -0.39 is 22.4 Å². The van der Waals surface area contributed by atoms with Crippen LogP contribution >= 0.6 is 11.6 Å². The van der Waals surface area contributed by atoms with E-state index in [0.29, 0.717) is 17.5 Å². The van der Waals surface area contributed by atoms with Crippen LogP contribution < -0.4 is 0 Å². The number of ketones is 3. The van der Waals surface area contributed by atoms with E-state index in [4.69, 9.17) is 11.6 Å². The topological polar surface area (TPSA) is 51.2 Å². The van der Waals surface area contributed by atoms with Gasteiger partial charge in [-0.1, -0.05) is 67.9 Å². The third-order valence-electron chi connectivity index (χ3n) is 5.00. The first-order valence-electron chi connectivity index (χ1n) is 8.94. The zero-order valence-electron chi connectivity index (χ0n) is 14.7. The number of hydrogen-bond donors (Lipinski definition) is 0. The SMILES string of the molecule is CCCCC(=O)C[C@H](c1ccccc1)C1(Cl)C(=O)c2ccccc2C1=O. The van der Waals surface area contributed by atoms with E-state index in [2.05, 4.69) is 0 Å². The molecular weight excluding hydrogens is 348 g/mol. The quantitative estimate of drug-likeness (QED) is 0.511. The van der Waals surface area contributed by atoms with Crippen LogP contribution in [0.3, 0.4) is 0 Å². The zero-order chi connectivity index (χ0) is 18.7. The first-order valence-corrected chi connectivity index (χ1v) is 9.32. The number of carbonyl (C=O) groups excluding carboxylic acids is 3. The Hall–Kier alpha value is -2.26. The summed E-state index contributed by atoms with van der Waals surface area (Å²) in [6.07, 6.45) is 2.22. The van der Waals surface area contributed by atoms with Crippen LogP contribution in [-0.2, 0) is 4.79 Å². The summed E-state index contributed by atoms with van der Waals surface area (Å²) in [5.74, 6) is -1.46. The van der Waals surface area contributed by atoms with Crippen LogP contribution in [-0.4, -0.2) is 22.2 Å². The van der Waals surface area contributed by atoms with E-state index >= 15 is 0 Å². The number of hydrogen-bond acceptors (Lipinski definition) is 3. The number of halogens is 1. The zero-order valence-corrected chi connectivity index (χ0v) is 15.5. The molecule has 0 bridgehead atoms. The lowest BCUT2D eigenvalue weighted by molar-refractivity contribution is -0.119. The van der Waals surface area contributed by atoms with Crippen LogP contribution in [0.15, 0.2) is 54.6 Å². The monoisotopic (exact) mass is 368 g/mol. The molecule has 26 heavy (non-hydrogen) atoms. The Morgan fingerprint density at radius 1 is 0.962 bits per heavy atom. The van der Waals surface area contributed by atoms with Crippen molar-refractivity contribution in [1.82, 2.24) is 0 Å². The number of fused-ring (bicyclic) bond motifs is 1. The highest BCUT2D eigenvalue weighted by molar-refractivity contribution is 6.55. The minimum absolute atomic E-state index is 0.0253. The molecule has 0 unspecified atom stereocenters. The molecule has 0 aliphatic heterocycles. The lowest BCUT2D eigenvalue weighted by Crippen LogP contribution is -2.42. The average molecular weight is 369 g/mol. The molecule has 0 N–H and O–H groups in total. The first-order chi connectivity index (χ1) is 12.5. The molecule has 1 aliphatic carbocycles. The molecule has 3 nitrogen and oxygen atoms in total. The molecule has 0 spiro atoms. The van der Waals surface area contributed by atoms with Gasteiger partial charge < -0.3 is 0 Å². The Bertz CT molecular complexity index is 806. The molecule has 134 valence electrons. The second-order valence-corrected chi connectivity index (χ2v) is 7.32. The largest absolute Gasteiger partial charge is 0.300 e. The van der Waals surface area contributed by atoms with Gasteiger partial charge in [-0.2, -0.15) is 0 Å². The summed E-state index contributed by atoms with van der Waals surface area (Å²) in [6.45, 7) is 2.02. The summed E-state index contributed by atoms with van der Waals surface area (Å²) in [5.41, 5.74) is 1.42. The summed E-state index contributed by atoms with van der Waals surface area (Å²) < 4.78 is 0. The van der Waals surface area contributed by atoms with Crippen molar-refractivity contribution in [2.45, 2.75) is 43.4 Å². The smallest absolute Gasteiger partial charge is 0.193 e. The van der Waals surface area contributed by atoms with Crippen LogP contribution in [0.1, 0.15) is 64.8 Å². The predicted octanol–water partition coefficient (Wildman–Crippen LogP) is 4.98. The van der Waals surface area contributed by atoms with Gasteiger partial charge in [-0.25, -0.2) is 0 Å². The third kappa shape index (κ3) is 3.12. The van der Waals surface area contributed by atoms with Gasteiger partial charge in [-0.3, -0.25) is 14.4 Å². The second-order valence-electron chi connectivity index (χ2n) is 6.73. The molecule has 2 aromatic carbocycles. The third-order valence-corrected chi connectivity index (χ3v) is 5.61. The normalized spacial score (nSPS) is 16.4. The highest BCUT2D eigenvalue weighted by atomic mass is 35.5. The molecule has 1 atom stereocenters. The highest BCUT2D eigenvalue weighted by Crippen LogP contribution is 2.46. The molecule has 0 heterocycles. The van der Waals surface area contributed by atoms with E-state index in [1.54, 1.807) is 24.3 Å². The molecule has 0 aromatic heterocycles. The Balaban J connectivity index is 2.03. The maximum Gasteiger partial charge on any atom is 0.193 e. The van der Waals surface area contributed by atoms with E-state index in [-0.39, 0.29) is 12.2 Å². The van der Waals surface area contributed by atoms with Crippen LogP contribution in [0.2, 0.25) is 0 Å². The molecular formula is C22H21ClO3. The van der Waals surface area contributed by atoms with E-state index in [1.165, 1.54) is 0 Å². The standard InChI is InChI=1S/C22H21ClO3/c1-2-3-11-16(24)14-19(15-9-5-4-6-10-15)22(23)20(25)17-12-7-8-13-18(17)21(22)26/h4-10,12-13,19H,2-3,11,14H2,1H3/t19-/m1/s1. The summed E-state index contributed by atoms with van der Waals surface area (Å²) in [4.78, 5) is 36.9. The first kappa shape index (κ1) is 18.5. The number of Topliss-reactive ketones (excluding diaryl/α,β-unsaturated/α-hetero) is 3. The van der Waals surface area contributed by atoms with Crippen molar-refractivity contribution in [3.8, 4) is 0 Å². The summed E-state index contributed by atoms with van der Waals surface area (Å²) in [7, 11) is 0. The van der Waals surface area contributed by atoms with Crippen molar-refractivity contribution in [2.75, 3.05) is 0 Å². The van der Waals surface area contributed by atoms with Gasteiger partial charge in [-0.15, -0.1) is 11.6 Å². The molecule has 4 heteroatoms. The van der Waals surface area contributed by atoms with Crippen molar-refractivity contribution in [2.24, 2.45) is 0 Å². The Morgan fingerprint density at radius 2 is 1.50 bits per heavy atom. The van der Waals surface area contributed by atoms with Gasteiger partial charge in [0.05, 0.1) is 0 Å². The van der Waals surface area contributed by atoms with E-state index in [9.17, 15) is 14.4 Å². The van der Waals surface area contributed by atoms with Crippen molar-refractivity contribution in [3.05, 3.63) is 71.3 Å². The lowest BCUT2D eigenvalue weighted by Gasteiger charge is -2.29. The van der Waals surface area contributed by atoms with Gasteiger partial charge in [0.1, 0.15) is 5.78 Å². The fourth-order valence-corrected chi connectivity index (χ4v) is 3.97. The number of alkyl halides is 1. The van der Waals surface area contributed by atoms with Gasteiger partial charge in [0.15, 0.2) is 16.4 Å². The predicted molar refractivity (Wildman–Crippen MR) is 102 cm³/mol. The van der Waals surface area contributed by atoms with Crippen LogP contribution in [0.4, 0.5) is 0 Å². The maximum absolute atomic E-state index is 13.1. The Kier molecular flexibility index (Phi) is 5.38. The minimum atomic E-state index is -1.76. The number of carbonyl (C=O) groups is 3. The van der Waals surface area contributed by atoms with Gasteiger partial charge in [-0.05, 0) is 12.0 Å². The van der Waals surface area contributed by atoms with Gasteiger partial charge in [0.2, 0.25) is 0 Å². The molecule has 2 aromatic rings. The van der Waals surface area contributed by atoms with Crippen molar-refractivity contribution in [3.63, 3.8) is 0 Å². The van der Waals surface area contributed by atoms with Gasteiger partial charge >= 0.3 is 0 Å². The molecule has 1 aliphatic rings. The van der Waals surface area contributed by atoms with E-state index in [0.717, 1.165) is 18.4 Å². The van der Waals surface area contributed by atoms with Crippen molar-refractivity contribution >= 4 is 29.0 Å². The average Bonchev–Trinajstić information content (AvgIpc) is 2.87. The van der Waals surface area contributed by atoms with E-state index in [1.807, 2.05) is 37.3 Å². The summed E-state index contributed by atoms with van der Waals surface area (Å²) in [5, 5.41) is 0. The summed E-state index contributed by atoms with van der Waals surface area (Å²) in [6, 6.07) is 15.9. The maximum atomic E-state index is 13.1. The van der Waals surface area contributed by atoms with Crippen LogP contribution in [0.25, 0.3) is 0 Å². The number of rotatable bonds is 7. The second kappa shape index (κ2) is 7.55. The number of benzene rings is 2. The lowest BCUT2D eigenvalue weighted by atomic mass is 9.78. The number of unbranched alkanes of at least 4 members (excludes halogenated alkanes) is 1. The molecule has 0 radical (unpaired) electrons. The highest BCUT2D eigenvalue weighted by Gasteiger charge is 2.57. The fraction of sp³-hybridized carbons (Fsp3) is 0.318. The molecule has 3 rings (SSSR count). The van der Waals surface area contributed by atoms with Crippen molar-refractivity contribution in [1.29, 1.82) is 0 Å². The van der Waals surface area contributed by atoms with Gasteiger partial charge in [0, 0.05) is 29.9 Å². The Morgan fingerprint density at radius 3 is 2.04 bits per heavy atom. The minimum Gasteiger partial charge on any atom is -0.300 e. The molecule has 0 saturated carbocycles. The molecule has 0 amide bonds. The summed E-state index contributed by atoms with van der Waals surface area (Å²) >= 11 is 6.76. The van der Waals surface area contributed by atoms with Crippen LogP contribution in [0.5, 0.6) is 0 Å². The fourth-order valence-electron chi connectivity index (χ4n) is 3.57. The Labute approximate surface area is 158 Å². The molecule has 0 saturated heterocycles. The van der Waals surface area contributed by atoms with Crippen LogP contribution in [0, 0.1) is 0 Å².